The average molecular weight is 214 g/mol. The Kier molecular flexibility index (Phi) is 3.08. The van der Waals surface area contributed by atoms with Gasteiger partial charge in [0, 0.05) is 6.20 Å². The Balaban J connectivity index is 1.93. The fourth-order valence-corrected chi connectivity index (χ4v) is 1.15. The second-order valence-corrected chi connectivity index (χ2v) is 3.08. The van der Waals surface area contributed by atoms with Crippen molar-refractivity contribution in [2.24, 2.45) is 5.10 Å². The Hall–Kier alpha value is -2.43. The molecule has 2 N–H and O–H groups in total. The Morgan fingerprint density at radius 2 is 2.12 bits per heavy atom. The first kappa shape index (κ1) is 10.1. The smallest absolute Gasteiger partial charge is 0.273 e. The van der Waals surface area contributed by atoms with Crippen LogP contribution in [0.1, 0.15) is 16.1 Å². The lowest BCUT2D eigenvalue weighted by Crippen LogP contribution is -2.17. The number of carbonyl (C=O) groups excluding carboxylic acids is 1. The van der Waals surface area contributed by atoms with E-state index >= 15 is 0 Å². The lowest BCUT2D eigenvalue weighted by Gasteiger charge is -1.95. The van der Waals surface area contributed by atoms with Gasteiger partial charge in [0.1, 0.15) is 5.69 Å². The van der Waals surface area contributed by atoms with Crippen molar-refractivity contribution < 1.29 is 4.79 Å². The van der Waals surface area contributed by atoms with Crippen molar-refractivity contribution in [1.82, 2.24) is 15.6 Å². The molecule has 0 fully saturated rings. The third-order valence-corrected chi connectivity index (χ3v) is 1.92. The number of aromatic nitrogens is 2. The van der Waals surface area contributed by atoms with Crippen LogP contribution in [0.5, 0.6) is 0 Å². The summed E-state index contributed by atoms with van der Waals surface area (Å²) in [6.45, 7) is 0. The molecule has 5 heteroatoms. The molecule has 0 atom stereocenters. The van der Waals surface area contributed by atoms with Gasteiger partial charge in [-0.3, -0.25) is 9.89 Å². The zero-order valence-electron chi connectivity index (χ0n) is 8.42. The van der Waals surface area contributed by atoms with Crippen molar-refractivity contribution in [2.75, 3.05) is 0 Å². The minimum Gasteiger partial charge on any atom is -0.273 e. The van der Waals surface area contributed by atoms with E-state index in [-0.39, 0.29) is 5.91 Å². The van der Waals surface area contributed by atoms with E-state index in [9.17, 15) is 4.79 Å². The molecule has 0 unspecified atom stereocenters. The number of amides is 1. The molecule has 0 aliphatic carbocycles. The van der Waals surface area contributed by atoms with Crippen LogP contribution in [0.25, 0.3) is 0 Å². The van der Waals surface area contributed by atoms with Crippen LogP contribution in [0.3, 0.4) is 0 Å². The number of rotatable bonds is 3. The molecule has 0 saturated carbocycles. The van der Waals surface area contributed by atoms with Crippen LogP contribution in [0.2, 0.25) is 0 Å². The summed E-state index contributed by atoms with van der Waals surface area (Å²) in [5.41, 5.74) is 3.70. The maximum Gasteiger partial charge on any atom is 0.289 e. The first-order valence-corrected chi connectivity index (χ1v) is 4.74. The van der Waals surface area contributed by atoms with Crippen LogP contribution in [0, 0.1) is 0 Å². The van der Waals surface area contributed by atoms with Crippen molar-refractivity contribution in [3.8, 4) is 0 Å². The second-order valence-electron chi connectivity index (χ2n) is 3.08. The molecule has 0 radical (unpaired) electrons. The summed E-state index contributed by atoms with van der Waals surface area (Å²) in [6, 6.07) is 11.1. The summed E-state index contributed by atoms with van der Waals surface area (Å²) in [4.78, 5) is 11.4. The molecule has 0 aliphatic heterocycles. The van der Waals surface area contributed by atoms with Crippen molar-refractivity contribution >= 4 is 12.1 Å². The van der Waals surface area contributed by atoms with Crippen molar-refractivity contribution in [3.63, 3.8) is 0 Å². The number of aromatic amines is 1. The van der Waals surface area contributed by atoms with E-state index in [0.717, 1.165) is 5.56 Å². The van der Waals surface area contributed by atoms with E-state index in [0.29, 0.717) is 5.69 Å². The standard InChI is InChI=1S/C11H10N4O/c16-11(10-6-7-12-14-10)15-13-8-9-4-2-1-3-5-9/h1-8H,(H,12,14)(H,15,16). The Labute approximate surface area is 92.2 Å². The molecule has 1 aromatic heterocycles. The van der Waals surface area contributed by atoms with Gasteiger partial charge in [-0.1, -0.05) is 30.3 Å². The highest BCUT2D eigenvalue weighted by atomic mass is 16.2. The third kappa shape index (κ3) is 2.54. The molecule has 1 heterocycles. The summed E-state index contributed by atoms with van der Waals surface area (Å²) < 4.78 is 0. The molecule has 0 spiro atoms. The lowest BCUT2D eigenvalue weighted by molar-refractivity contribution is 0.0950. The minimum atomic E-state index is -0.315. The number of hydrogen-bond acceptors (Lipinski definition) is 3. The summed E-state index contributed by atoms with van der Waals surface area (Å²) in [6.07, 6.45) is 3.09. The molecule has 16 heavy (non-hydrogen) atoms. The summed E-state index contributed by atoms with van der Waals surface area (Å²) in [5, 5.41) is 10.0. The first-order valence-electron chi connectivity index (χ1n) is 4.74. The van der Waals surface area contributed by atoms with Crippen LogP contribution < -0.4 is 5.43 Å². The average Bonchev–Trinajstić information content (AvgIpc) is 2.84. The van der Waals surface area contributed by atoms with E-state index < -0.39 is 0 Å². The summed E-state index contributed by atoms with van der Waals surface area (Å²) in [7, 11) is 0. The second kappa shape index (κ2) is 4.88. The zero-order chi connectivity index (χ0) is 11.2. The maximum absolute atomic E-state index is 11.4. The van der Waals surface area contributed by atoms with Crippen LogP contribution >= 0.6 is 0 Å². The molecule has 1 amide bonds. The van der Waals surface area contributed by atoms with Crippen LogP contribution in [0.15, 0.2) is 47.7 Å². The van der Waals surface area contributed by atoms with Gasteiger partial charge in [-0.05, 0) is 11.6 Å². The van der Waals surface area contributed by atoms with Gasteiger partial charge in [0.2, 0.25) is 0 Å². The highest BCUT2D eigenvalue weighted by molar-refractivity contribution is 5.92. The molecule has 2 aromatic rings. The molecule has 80 valence electrons. The van der Waals surface area contributed by atoms with Gasteiger partial charge >= 0.3 is 0 Å². The summed E-state index contributed by atoms with van der Waals surface area (Å²) >= 11 is 0. The number of benzene rings is 1. The number of nitrogens with one attached hydrogen (secondary N) is 2. The Morgan fingerprint density at radius 1 is 1.31 bits per heavy atom. The van der Waals surface area contributed by atoms with Gasteiger partial charge in [0.25, 0.3) is 5.91 Å². The largest absolute Gasteiger partial charge is 0.289 e. The highest BCUT2D eigenvalue weighted by Crippen LogP contribution is 1.94. The number of H-pyrrole nitrogens is 1. The SMILES string of the molecule is O=C(NN=Cc1ccccc1)c1ccn[nH]1. The van der Waals surface area contributed by atoms with Crippen molar-refractivity contribution in [3.05, 3.63) is 53.9 Å². The van der Waals surface area contributed by atoms with Gasteiger partial charge in [-0.25, -0.2) is 5.43 Å². The molecule has 0 bridgehead atoms. The normalized spacial score (nSPS) is 10.5. The van der Waals surface area contributed by atoms with E-state index in [1.54, 1.807) is 12.3 Å². The quantitative estimate of drug-likeness (QED) is 0.594. The first-order chi connectivity index (χ1) is 7.86. The molecular formula is C11H10N4O. The number of nitrogens with zero attached hydrogens (tertiary/aromatic N) is 2. The maximum atomic E-state index is 11.4. The molecule has 0 saturated heterocycles. The minimum absolute atomic E-state index is 0.315. The lowest BCUT2D eigenvalue weighted by atomic mass is 10.2. The molecule has 0 aliphatic rings. The van der Waals surface area contributed by atoms with Gasteiger partial charge in [-0.15, -0.1) is 0 Å². The Morgan fingerprint density at radius 3 is 2.81 bits per heavy atom. The fraction of sp³-hybridized carbons (Fsp3) is 0. The van der Waals surface area contributed by atoms with E-state index in [1.165, 1.54) is 6.20 Å². The van der Waals surface area contributed by atoms with E-state index in [4.69, 9.17) is 0 Å². The predicted octanol–water partition coefficient (Wildman–Crippen LogP) is 1.17. The Bertz CT molecular complexity index is 476. The molecule has 2 rings (SSSR count). The van der Waals surface area contributed by atoms with Gasteiger partial charge < -0.3 is 0 Å². The van der Waals surface area contributed by atoms with Crippen LogP contribution in [0.4, 0.5) is 0 Å². The third-order valence-electron chi connectivity index (χ3n) is 1.92. The molecule has 1 aromatic carbocycles. The fourth-order valence-electron chi connectivity index (χ4n) is 1.15. The van der Waals surface area contributed by atoms with Crippen LogP contribution in [-0.2, 0) is 0 Å². The number of carbonyl (C=O) groups is 1. The number of hydrogen-bond donors (Lipinski definition) is 2. The number of hydrazone groups is 1. The van der Waals surface area contributed by atoms with Gasteiger partial charge in [0.15, 0.2) is 0 Å². The highest BCUT2D eigenvalue weighted by Gasteiger charge is 2.03. The van der Waals surface area contributed by atoms with Crippen molar-refractivity contribution in [2.45, 2.75) is 0 Å². The van der Waals surface area contributed by atoms with E-state index in [2.05, 4.69) is 20.7 Å². The monoisotopic (exact) mass is 214 g/mol. The van der Waals surface area contributed by atoms with Gasteiger partial charge in [-0.2, -0.15) is 10.2 Å². The van der Waals surface area contributed by atoms with Crippen molar-refractivity contribution in [1.29, 1.82) is 0 Å². The van der Waals surface area contributed by atoms with Crippen LogP contribution in [-0.4, -0.2) is 22.3 Å². The topological polar surface area (TPSA) is 70.1 Å². The van der Waals surface area contributed by atoms with E-state index in [1.807, 2.05) is 30.3 Å². The summed E-state index contributed by atoms with van der Waals surface area (Å²) in [5.74, 6) is -0.315. The molecule has 5 nitrogen and oxygen atoms in total. The zero-order valence-corrected chi connectivity index (χ0v) is 8.42. The van der Waals surface area contributed by atoms with Gasteiger partial charge in [0.05, 0.1) is 6.21 Å². The predicted molar refractivity (Wildman–Crippen MR) is 60.1 cm³/mol. The molecular weight excluding hydrogens is 204 g/mol.